The van der Waals surface area contributed by atoms with Crippen molar-refractivity contribution < 1.29 is 4.79 Å². The van der Waals surface area contributed by atoms with Crippen molar-refractivity contribution in [1.82, 2.24) is 4.90 Å². The third-order valence-electron chi connectivity index (χ3n) is 3.78. The molecule has 0 aromatic heterocycles. The Hall–Kier alpha value is -0.791. The molecule has 2 aliphatic rings. The molecule has 0 spiro atoms. The van der Waals surface area contributed by atoms with Crippen LogP contribution in [0.3, 0.4) is 0 Å². The van der Waals surface area contributed by atoms with E-state index in [0.29, 0.717) is 32.9 Å². The molecule has 2 aliphatic heterocycles. The molecule has 3 rings (SSSR count). The molecule has 1 aromatic carbocycles. The van der Waals surface area contributed by atoms with Crippen LogP contribution in [0.25, 0.3) is 0 Å². The number of hydrogen-bond acceptors (Lipinski definition) is 1. The van der Waals surface area contributed by atoms with E-state index in [1.165, 1.54) is 22.6 Å². The van der Waals surface area contributed by atoms with Crippen molar-refractivity contribution >= 4 is 25.3 Å². The molecule has 0 aliphatic carbocycles. The molecule has 1 aromatic rings. The molecule has 0 bridgehead atoms. The first-order chi connectivity index (χ1) is 8.34. The first-order valence-corrected chi connectivity index (χ1v) is 8.40. The summed E-state index contributed by atoms with van der Waals surface area (Å²) >= 11 is 0.518. The summed E-state index contributed by atoms with van der Waals surface area (Å²) in [5.41, 5.74) is 0. The molecule has 2 fully saturated rings. The summed E-state index contributed by atoms with van der Waals surface area (Å²) in [4.78, 5) is 14.0. The van der Waals surface area contributed by atoms with E-state index in [4.69, 9.17) is 0 Å². The fraction of sp³-hybridized carbons (Fsp3) is 0.500. The molecule has 0 saturated carbocycles. The Morgan fingerprint density at radius 2 is 2.00 bits per heavy atom. The molecule has 0 N–H and O–H groups in total. The molecule has 1 amide bonds. The van der Waals surface area contributed by atoms with Crippen molar-refractivity contribution in [3.8, 4) is 0 Å². The van der Waals surface area contributed by atoms with Crippen LogP contribution in [-0.4, -0.2) is 37.8 Å². The fourth-order valence-electron chi connectivity index (χ4n) is 2.94. The minimum absolute atomic E-state index is 0.404. The van der Waals surface area contributed by atoms with Gasteiger partial charge in [-0.25, -0.2) is 0 Å². The number of benzene rings is 1. The molecular formula is C14H17NOSe. The number of nitrogens with zero attached hydrogens (tertiary/aromatic N) is 1. The molecule has 2 nitrogen and oxygen atoms in total. The standard InChI is InChI=1S/C14H17NOSe/c16-14-9-8-11-6-7-12(15(11)14)10-17-13-4-2-1-3-5-13/h1-5,11-12H,6-10H2/t11-,12+/m0/s1. The average Bonchev–Trinajstić information content (AvgIpc) is 2.92. The van der Waals surface area contributed by atoms with E-state index in [9.17, 15) is 4.79 Å². The zero-order valence-corrected chi connectivity index (χ0v) is 11.6. The molecule has 2 atom stereocenters. The average molecular weight is 294 g/mol. The van der Waals surface area contributed by atoms with Crippen molar-refractivity contribution in [1.29, 1.82) is 0 Å². The number of amides is 1. The molecule has 17 heavy (non-hydrogen) atoms. The summed E-state index contributed by atoms with van der Waals surface area (Å²) in [7, 11) is 0. The van der Waals surface area contributed by atoms with E-state index in [-0.39, 0.29) is 0 Å². The van der Waals surface area contributed by atoms with Gasteiger partial charge in [0, 0.05) is 0 Å². The zero-order chi connectivity index (χ0) is 11.7. The van der Waals surface area contributed by atoms with Crippen molar-refractivity contribution in [2.45, 2.75) is 43.1 Å². The van der Waals surface area contributed by atoms with Crippen molar-refractivity contribution in [3.63, 3.8) is 0 Å². The summed E-state index contributed by atoms with van der Waals surface area (Å²) in [6.45, 7) is 0. The topological polar surface area (TPSA) is 20.3 Å². The van der Waals surface area contributed by atoms with Crippen LogP contribution in [0, 0.1) is 0 Å². The molecule has 2 saturated heterocycles. The second kappa shape index (κ2) is 4.83. The van der Waals surface area contributed by atoms with Crippen molar-refractivity contribution in [2.75, 3.05) is 0 Å². The Morgan fingerprint density at radius 3 is 2.82 bits per heavy atom. The van der Waals surface area contributed by atoms with Gasteiger partial charge >= 0.3 is 108 Å². The van der Waals surface area contributed by atoms with Crippen LogP contribution in [0.15, 0.2) is 30.3 Å². The molecule has 0 unspecified atom stereocenters. The first-order valence-electron chi connectivity index (χ1n) is 6.33. The predicted molar refractivity (Wildman–Crippen MR) is 69.5 cm³/mol. The molecular weight excluding hydrogens is 277 g/mol. The van der Waals surface area contributed by atoms with Gasteiger partial charge in [-0.1, -0.05) is 0 Å². The van der Waals surface area contributed by atoms with E-state index in [1.54, 1.807) is 0 Å². The van der Waals surface area contributed by atoms with Gasteiger partial charge in [0.15, 0.2) is 0 Å². The number of fused-ring (bicyclic) bond motifs is 1. The van der Waals surface area contributed by atoms with Gasteiger partial charge in [0.1, 0.15) is 0 Å². The Balaban J connectivity index is 1.61. The number of carbonyl (C=O) groups is 1. The molecule has 3 heteroatoms. The van der Waals surface area contributed by atoms with Gasteiger partial charge in [-0.15, -0.1) is 0 Å². The van der Waals surface area contributed by atoms with Crippen LogP contribution in [0.2, 0.25) is 5.32 Å². The first kappa shape index (κ1) is 11.3. The second-order valence-corrected chi connectivity index (χ2v) is 7.14. The zero-order valence-electron chi connectivity index (χ0n) is 9.84. The van der Waals surface area contributed by atoms with Gasteiger partial charge in [-0.2, -0.15) is 0 Å². The molecule has 2 heterocycles. The van der Waals surface area contributed by atoms with Gasteiger partial charge in [0.25, 0.3) is 0 Å². The fourth-order valence-corrected chi connectivity index (χ4v) is 5.17. The van der Waals surface area contributed by atoms with Gasteiger partial charge in [-0.3, -0.25) is 0 Å². The van der Waals surface area contributed by atoms with Crippen LogP contribution in [-0.2, 0) is 4.79 Å². The number of rotatable bonds is 3. The molecule has 90 valence electrons. The Bertz CT molecular complexity index is 406. The summed E-state index contributed by atoms with van der Waals surface area (Å²) in [5.74, 6) is 0.404. The van der Waals surface area contributed by atoms with Crippen molar-refractivity contribution in [2.24, 2.45) is 0 Å². The summed E-state index contributed by atoms with van der Waals surface area (Å²) in [5, 5.41) is 1.19. The Kier molecular flexibility index (Phi) is 3.21. The third-order valence-corrected chi connectivity index (χ3v) is 6.21. The quantitative estimate of drug-likeness (QED) is 0.775. The normalized spacial score (nSPS) is 27.5. The van der Waals surface area contributed by atoms with Gasteiger partial charge in [-0.05, 0) is 0 Å². The summed E-state index contributed by atoms with van der Waals surface area (Å²) < 4.78 is 1.45. The third kappa shape index (κ3) is 2.27. The van der Waals surface area contributed by atoms with E-state index >= 15 is 0 Å². The monoisotopic (exact) mass is 295 g/mol. The maximum absolute atomic E-state index is 11.8. The SMILES string of the molecule is O=C1CC[C@@H]2CC[C@H](C[Se]c3ccccc3)N12. The van der Waals surface area contributed by atoms with E-state index in [0.717, 1.165) is 12.8 Å². The van der Waals surface area contributed by atoms with E-state index in [1.807, 2.05) is 0 Å². The second-order valence-electron chi connectivity index (χ2n) is 4.85. The Morgan fingerprint density at radius 1 is 1.18 bits per heavy atom. The van der Waals surface area contributed by atoms with Crippen LogP contribution in [0.1, 0.15) is 25.7 Å². The van der Waals surface area contributed by atoms with Crippen molar-refractivity contribution in [3.05, 3.63) is 30.3 Å². The predicted octanol–water partition coefficient (Wildman–Crippen LogP) is 1.59. The van der Waals surface area contributed by atoms with E-state index < -0.39 is 0 Å². The summed E-state index contributed by atoms with van der Waals surface area (Å²) in [6.07, 6.45) is 4.36. The minimum atomic E-state index is 0.404. The number of hydrogen-bond donors (Lipinski definition) is 0. The van der Waals surface area contributed by atoms with Crippen LogP contribution < -0.4 is 4.46 Å². The summed E-state index contributed by atoms with van der Waals surface area (Å²) in [6, 6.07) is 11.8. The van der Waals surface area contributed by atoms with Crippen LogP contribution in [0.4, 0.5) is 0 Å². The molecule has 0 radical (unpaired) electrons. The van der Waals surface area contributed by atoms with Gasteiger partial charge in [0.05, 0.1) is 0 Å². The number of carbonyl (C=O) groups excluding carboxylic acids is 1. The Labute approximate surface area is 109 Å². The van der Waals surface area contributed by atoms with Crippen LogP contribution >= 0.6 is 0 Å². The van der Waals surface area contributed by atoms with Gasteiger partial charge in [0.2, 0.25) is 0 Å². The van der Waals surface area contributed by atoms with Gasteiger partial charge < -0.3 is 0 Å². The van der Waals surface area contributed by atoms with Crippen LogP contribution in [0.5, 0.6) is 0 Å². The van der Waals surface area contributed by atoms with E-state index in [2.05, 4.69) is 35.2 Å². The maximum atomic E-state index is 11.8.